The molecule has 1 aromatic rings. The molecule has 0 heterocycles. The van der Waals surface area contributed by atoms with Gasteiger partial charge < -0.3 is 5.21 Å². The summed E-state index contributed by atoms with van der Waals surface area (Å²) in [6.45, 7) is 0. The van der Waals surface area contributed by atoms with Gasteiger partial charge in [0.15, 0.2) is 0 Å². The van der Waals surface area contributed by atoms with Crippen LogP contribution in [-0.2, 0) is 0 Å². The van der Waals surface area contributed by atoms with Crippen LogP contribution in [0.4, 0.5) is 0 Å². The smallest absolute Gasteiger partial charge is 0.0737 e. The molecule has 0 bridgehead atoms. The van der Waals surface area contributed by atoms with E-state index >= 15 is 0 Å². The monoisotopic (exact) mass is 223 g/mol. The fourth-order valence-corrected chi connectivity index (χ4v) is 2.71. The zero-order valence-electron chi connectivity index (χ0n) is 8.49. The highest BCUT2D eigenvalue weighted by Gasteiger charge is 2.21. The molecule has 1 fully saturated rings. The van der Waals surface area contributed by atoms with Gasteiger partial charge in [-0.1, -0.05) is 41.7 Å². The molecule has 2 rings (SSSR count). The zero-order chi connectivity index (χ0) is 10.7. The van der Waals surface area contributed by atoms with Gasteiger partial charge in [0.05, 0.1) is 6.21 Å². The van der Waals surface area contributed by atoms with Crippen LogP contribution in [0.15, 0.2) is 23.4 Å². The molecule has 0 radical (unpaired) electrons. The van der Waals surface area contributed by atoms with E-state index in [2.05, 4.69) is 5.16 Å². The van der Waals surface area contributed by atoms with E-state index in [1.807, 2.05) is 18.2 Å². The second-order valence-corrected chi connectivity index (χ2v) is 4.38. The van der Waals surface area contributed by atoms with E-state index < -0.39 is 0 Å². The number of halogens is 1. The molecule has 80 valence electrons. The highest BCUT2D eigenvalue weighted by molar-refractivity contribution is 6.31. The van der Waals surface area contributed by atoms with Gasteiger partial charge in [-0.05, 0) is 30.4 Å². The average Bonchev–Trinajstić information content (AvgIpc) is 2.71. The second kappa shape index (κ2) is 4.67. The molecule has 1 saturated carbocycles. The normalized spacial score (nSPS) is 17.7. The van der Waals surface area contributed by atoms with Crippen LogP contribution in [0, 0.1) is 0 Å². The van der Waals surface area contributed by atoms with E-state index in [1.165, 1.54) is 31.9 Å². The highest BCUT2D eigenvalue weighted by Crippen LogP contribution is 2.38. The van der Waals surface area contributed by atoms with Crippen molar-refractivity contribution in [3.05, 3.63) is 34.3 Å². The number of oxime groups is 1. The number of hydrogen-bond acceptors (Lipinski definition) is 2. The molecular formula is C12H14ClNO. The molecule has 1 aromatic carbocycles. The van der Waals surface area contributed by atoms with Crippen LogP contribution in [0.25, 0.3) is 0 Å². The Balaban J connectivity index is 2.41. The van der Waals surface area contributed by atoms with Crippen LogP contribution in [0.2, 0.25) is 5.02 Å². The molecule has 1 N–H and O–H groups in total. The molecule has 15 heavy (non-hydrogen) atoms. The van der Waals surface area contributed by atoms with Gasteiger partial charge in [0, 0.05) is 10.6 Å². The van der Waals surface area contributed by atoms with Crippen molar-refractivity contribution in [1.29, 1.82) is 0 Å². The SMILES string of the molecule is ON=Cc1cccc(Cl)c1C1CCCC1. The van der Waals surface area contributed by atoms with Crippen LogP contribution < -0.4 is 0 Å². The first-order valence-electron chi connectivity index (χ1n) is 5.29. The summed E-state index contributed by atoms with van der Waals surface area (Å²) < 4.78 is 0. The quantitative estimate of drug-likeness (QED) is 0.462. The molecule has 0 aliphatic heterocycles. The lowest BCUT2D eigenvalue weighted by Gasteiger charge is -2.14. The molecule has 0 spiro atoms. The summed E-state index contributed by atoms with van der Waals surface area (Å²) in [7, 11) is 0. The summed E-state index contributed by atoms with van der Waals surface area (Å²) in [6, 6.07) is 5.74. The maximum Gasteiger partial charge on any atom is 0.0737 e. The van der Waals surface area contributed by atoms with Gasteiger partial charge in [-0.25, -0.2) is 0 Å². The number of rotatable bonds is 2. The molecule has 0 amide bonds. The number of hydrogen-bond donors (Lipinski definition) is 1. The summed E-state index contributed by atoms with van der Waals surface area (Å²) >= 11 is 6.20. The van der Waals surface area contributed by atoms with Gasteiger partial charge in [0.1, 0.15) is 0 Å². The Morgan fingerprint density at radius 2 is 2.07 bits per heavy atom. The van der Waals surface area contributed by atoms with Crippen LogP contribution in [0.5, 0.6) is 0 Å². The summed E-state index contributed by atoms with van der Waals surface area (Å²) in [6.07, 6.45) is 6.39. The third kappa shape index (κ3) is 2.15. The summed E-state index contributed by atoms with van der Waals surface area (Å²) in [5.74, 6) is 0.534. The van der Waals surface area contributed by atoms with Crippen LogP contribution >= 0.6 is 11.6 Å². The van der Waals surface area contributed by atoms with E-state index in [0.29, 0.717) is 5.92 Å². The number of nitrogens with zero attached hydrogens (tertiary/aromatic N) is 1. The van der Waals surface area contributed by atoms with Crippen LogP contribution in [0.3, 0.4) is 0 Å². The van der Waals surface area contributed by atoms with Crippen LogP contribution in [0.1, 0.15) is 42.7 Å². The highest BCUT2D eigenvalue weighted by atomic mass is 35.5. The fourth-order valence-electron chi connectivity index (χ4n) is 2.37. The largest absolute Gasteiger partial charge is 0.411 e. The van der Waals surface area contributed by atoms with E-state index in [0.717, 1.165) is 16.1 Å². The molecule has 3 heteroatoms. The molecule has 0 unspecified atom stereocenters. The second-order valence-electron chi connectivity index (χ2n) is 3.97. The van der Waals surface area contributed by atoms with Gasteiger partial charge in [-0.2, -0.15) is 0 Å². The van der Waals surface area contributed by atoms with Gasteiger partial charge in [-0.3, -0.25) is 0 Å². The maximum atomic E-state index is 8.60. The third-order valence-corrected chi connectivity index (χ3v) is 3.38. The molecule has 1 aliphatic carbocycles. The topological polar surface area (TPSA) is 32.6 Å². The summed E-state index contributed by atoms with van der Waals surface area (Å²) in [4.78, 5) is 0. The molecule has 1 aliphatic rings. The van der Waals surface area contributed by atoms with Crippen molar-refractivity contribution < 1.29 is 5.21 Å². The predicted octanol–water partition coefficient (Wildman–Crippen LogP) is 3.81. The lowest BCUT2D eigenvalue weighted by atomic mass is 9.93. The van der Waals surface area contributed by atoms with Crippen molar-refractivity contribution in [2.45, 2.75) is 31.6 Å². The van der Waals surface area contributed by atoms with Crippen molar-refractivity contribution in [3.8, 4) is 0 Å². The van der Waals surface area contributed by atoms with E-state index in [1.54, 1.807) is 0 Å². The van der Waals surface area contributed by atoms with Gasteiger partial charge >= 0.3 is 0 Å². The van der Waals surface area contributed by atoms with Gasteiger partial charge in [-0.15, -0.1) is 0 Å². The summed E-state index contributed by atoms with van der Waals surface area (Å²) in [5, 5.41) is 12.5. The Hall–Kier alpha value is -1.02. The number of benzene rings is 1. The molecule has 2 nitrogen and oxygen atoms in total. The van der Waals surface area contributed by atoms with Crippen LogP contribution in [-0.4, -0.2) is 11.4 Å². The van der Waals surface area contributed by atoms with Crippen molar-refractivity contribution in [3.63, 3.8) is 0 Å². The minimum atomic E-state index is 0.534. The molecule has 0 saturated heterocycles. The Labute approximate surface area is 94.6 Å². The Morgan fingerprint density at radius 1 is 1.33 bits per heavy atom. The van der Waals surface area contributed by atoms with Gasteiger partial charge in [0.2, 0.25) is 0 Å². The first kappa shape index (κ1) is 10.5. The van der Waals surface area contributed by atoms with E-state index in [-0.39, 0.29) is 0 Å². The average molecular weight is 224 g/mol. The lowest BCUT2D eigenvalue weighted by Crippen LogP contribution is -1.99. The molecule has 0 atom stereocenters. The van der Waals surface area contributed by atoms with Crippen molar-refractivity contribution in [1.82, 2.24) is 0 Å². The Morgan fingerprint density at radius 3 is 2.73 bits per heavy atom. The standard InChI is InChI=1S/C12H14ClNO/c13-11-7-3-6-10(8-14-15)12(11)9-4-1-2-5-9/h3,6-9,15H,1-2,4-5H2. The third-order valence-electron chi connectivity index (χ3n) is 3.05. The Kier molecular flexibility index (Phi) is 3.27. The van der Waals surface area contributed by atoms with Crippen molar-refractivity contribution >= 4 is 17.8 Å². The molecular weight excluding hydrogens is 210 g/mol. The minimum Gasteiger partial charge on any atom is -0.411 e. The van der Waals surface area contributed by atoms with Gasteiger partial charge in [0.25, 0.3) is 0 Å². The fraction of sp³-hybridized carbons (Fsp3) is 0.417. The minimum absolute atomic E-state index is 0.534. The van der Waals surface area contributed by atoms with Crippen molar-refractivity contribution in [2.24, 2.45) is 5.16 Å². The molecule has 0 aromatic heterocycles. The van der Waals surface area contributed by atoms with E-state index in [9.17, 15) is 0 Å². The Bertz CT molecular complexity index is 370. The van der Waals surface area contributed by atoms with E-state index in [4.69, 9.17) is 16.8 Å². The maximum absolute atomic E-state index is 8.60. The zero-order valence-corrected chi connectivity index (χ0v) is 9.24. The lowest BCUT2D eigenvalue weighted by molar-refractivity contribution is 0.322. The summed E-state index contributed by atoms with van der Waals surface area (Å²) in [5.41, 5.74) is 2.09. The first-order chi connectivity index (χ1) is 7.33. The first-order valence-corrected chi connectivity index (χ1v) is 5.66. The van der Waals surface area contributed by atoms with Crippen molar-refractivity contribution in [2.75, 3.05) is 0 Å². The predicted molar refractivity (Wildman–Crippen MR) is 62.0 cm³/mol.